The number of anilines is 2. The molecule has 22 heavy (non-hydrogen) atoms. The van der Waals surface area contributed by atoms with Crippen molar-refractivity contribution in [3.8, 4) is 17.6 Å². The molecule has 0 spiro atoms. The summed E-state index contributed by atoms with van der Waals surface area (Å²) in [4.78, 5) is 8.11. The number of hydrogen-bond acceptors (Lipinski definition) is 6. The Morgan fingerprint density at radius 3 is 2.73 bits per heavy atom. The number of nitrogens with zero attached hydrogens (tertiary/aromatic N) is 3. The minimum absolute atomic E-state index is 0.117. The fraction of sp³-hybridized carbons (Fsp3) is 0.0625. The van der Waals surface area contributed by atoms with Gasteiger partial charge in [0.1, 0.15) is 17.3 Å². The second-order valence-corrected chi connectivity index (χ2v) is 4.84. The zero-order valence-electron chi connectivity index (χ0n) is 11.9. The quantitative estimate of drug-likeness (QED) is 0.751. The van der Waals surface area contributed by atoms with Crippen molar-refractivity contribution in [2.24, 2.45) is 0 Å². The first-order valence-corrected chi connectivity index (χ1v) is 6.58. The van der Waals surface area contributed by atoms with Crippen LogP contribution in [-0.2, 0) is 0 Å². The summed E-state index contributed by atoms with van der Waals surface area (Å²) in [6.45, 7) is 1.90. The highest BCUT2D eigenvalue weighted by Gasteiger charge is 2.09. The van der Waals surface area contributed by atoms with Crippen LogP contribution in [0.3, 0.4) is 0 Å². The first-order valence-electron chi connectivity index (χ1n) is 6.58. The number of hydrogen-bond donors (Lipinski definition) is 2. The van der Waals surface area contributed by atoms with Gasteiger partial charge in [0.25, 0.3) is 0 Å². The molecule has 3 rings (SSSR count). The maximum absolute atomic E-state index is 8.93. The average molecular weight is 291 g/mol. The predicted octanol–water partition coefficient (Wildman–Crippen LogP) is 2.77. The van der Waals surface area contributed by atoms with Crippen LogP contribution >= 0.6 is 0 Å². The number of nitriles is 1. The number of rotatable bonds is 2. The minimum Gasteiger partial charge on any atom is -0.457 e. The second kappa shape index (κ2) is 5.22. The van der Waals surface area contributed by atoms with E-state index < -0.39 is 0 Å². The van der Waals surface area contributed by atoms with Crippen LogP contribution < -0.4 is 16.2 Å². The number of benzene rings is 2. The van der Waals surface area contributed by atoms with Crippen LogP contribution in [0.5, 0.6) is 11.5 Å². The smallest absolute Gasteiger partial charge is 0.222 e. The highest BCUT2D eigenvalue weighted by atomic mass is 16.5. The van der Waals surface area contributed by atoms with Gasteiger partial charge < -0.3 is 16.2 Å². The molecule has 6 nitrogen and oxygen atoms in total. The maximum atomic E-state index is 8.93. The van der Waals surface area contributed by atoms with Gasteiger partial charge in [0, 0.05) is 11.5 Å². The van der Waals surface area contributed by atoms with E-state index in [4.69, 9.17) is 21.5 Å². The molecular weight excluding hydrogens is 278 g/mol. The Balaban J connectivity index is 2.07. The average Bonchev–Trinajstić information content (AvgIpc) is 2.49. The molecule has 3 aromatic rings. The zero-order valence-corrected chi connectivity index (χ0v) is 11.9. The van der Waals surface area contributed by atoms with Crippen molar-refractivity contribution in [2.45, 2.75) is 6.92 Å². The van der Waals surface area contributed by atoms with Crippen molar-refractivity contribution in [1.29, 1.82) is 5.26 Å². The Hall–Kier alpha value is -3.33. The Bertz CT molecular complexity index is 914. The third-order valence-corrected chi connectivity index (χ3v) is 3.23. The van der Waals surface area contributed by atoms with Gasteiger partial charge in [0.15, 0.2) is 0 Å². The van der Waals surface area contributed by atoms with Gasteiger partial charge in [-0.2, -0.15) is 10.2 Å². The summed E-state index contributed by atoms with van der Waals surface area (Å²) in [7, 11) is 0. The molecule has 0 saturated carbocycles. The number of nitrogen functional groups attached to an aromatic ring is 2. The largest absolute Gasteiger partial charge is 0.457 e. The summed E-state index contributed by atoms with van der Waals surface area (Å²) >= 11 is 0. The molecule has 0 atom stereocenters. The maximum Gasteiger partial charge on any atom is 0.222 e. The zero-order chi connectivity index (χ0) is 15.7. The van der Waals surface area contributed by atoms with Crippen LogP contribution in [0.25, 0.3) is 10.9 Å². The third kappa shape index (κ3) is 2.47. The van der Waals surface area contributed by atoms with Crippen molar-refractivity contribution in [3.05, 3.63) is 47.5 Å². The van der Waals surface area contributed by atoms with E-state index in [1.807, 2.05) is 13.0 Å². The van der Waals surface area contributed by atoms with Gasteiger partial charge in [0.2, 0.25) is 5.95 Å². The molecule has 2 aromatic carbocycles. The van der Waals surface area contributed by atoms with E-state index >= 15 is 0 Å². The van der Waals surface area contributed by atoms with Crippen LogP contribution in [-0.4, -0.2) is 9.97 Å². The van der Waals surface area contributed by atoms with Crippen molar-refractivity contribution >= 4 is 22.7 Å². The molecule has 6 heteroatoms. The molecule has 0 aliphatic rings. The molecule has 4 N–H and O–H groups in total. The van der Waals surface area contributed by atoms with Crippen LogP contribution in [0.15, 0.2) is 36.4 Å². The molecule has 0 bridgehead atoms. The number of fused-ring (bicyclic) bond motifs is 1. The lowest BCUT2D eigenvalue weighted by Gasteiger charge is -2.11. The lowest BCUT2D eigenvalue weighted by molar-refractivity contribution is 0.479. The summed E-state index contributed by atoms with van der Waals surface area (Å²) in [6, 6.07) is 12.6. The molecule has 0 amide bonds. The standard InChI is InChI=1S/C16H13N5O/c1-9-5-12-13(20-16(19)21-15(12)18)7-14(9)22-11-4-2-3-10(6-11)8-17/h2-7H,1H3,(H4,18,19,20,21). The monoisotopic (exact) mass is 291 g/mol. The first kappa shape index (κ1) is 13.6. The fourth-order valence-electron chi connectivity index (χ4n) is 2.17. The summed E-state index contributed by atoms with van der Waals surface area (Å²) < 4.78 is 5.85. The normalized spacial score (nSPS) is 10.4. The van der Waals surface area contributed by atoms with E-state index in [-0.39, 0.29) is 5.95 Å². The SMILES string of the molecule is Cc1cc2c(N)nc(N)nc2cc1Oc1cccc(C#N)c1. The molecule has 0 aliphatic carbocycles. The van der Waals surface area contributed by atoms with E-state index in [1.54, 1.807) is 30.3 Å². The van der Waals surface area contributed by atoms with Crippen LogP contribution in [0.2, 0.25) is 0 Å². The van der Waals surface area contributed by atoms with E-state index in [2.05, 4.69) is 16.0 Å². The Morgan fingerprint density at radius 2 is 1.95 bits per heavy atom. The van der Waals surface area contributed by atoms with Gasteiger partial charge in [-0.1, -0.05) is 6.07 Å². The van der Waals surface area contributed by atoms with Gasteiger partial charge in [-0.05, 0) is 36.8 Å². The second-order valence-electron chi connectivity index (χ2n) is 4.84. The molecule has 0 unspecified atom stereocenters. The van der Waals surface area contributed by atoms with Gasteiger partial charge in [-0.25, -0.2) is 4.98 Å². The van der Waals surface area contributed by atoms with E-state index in [0.717, 1.165) is 10.9 Å². The van der Waals surface area contributed by atoms with Crippen LogP contribution in [0.4, 0.5) is 11.8 Å². The predicted molar refractivity (Wildman–Crippen MR) is 84.3 cm³/mol. The number of aryl methyl sites for hydroxylation is 1. The van der Waals surface area contributed by atoms with Crippen molar-refractivity contribution in [3.63, 3.8) is 0 Å². The Kier molecular flexibility index (Phi) is 3.24. The lowest BCUT2D eigenvalue weighted by atomic mass is 10.1. The Morgan fingerprint density at radius 1 is 1.14 bits per heavy atom. The number of ether oxygens (including phenoxy) is 1. The highest BCUT2D eigenvalue weighted by Crippen LogP contribution is 2.31. The molecule has 0 fully saturated rings. The molecule has 108 valence electrons. The highest BCUT2D eigenvalue weighted by molar-refractivity contribution is 5.90. The van der Waals surface area contributed by atoms with Crippen LogP contribution in [0.1, 0.15) is 11.1 Å². The minimum atomic E-state index is 0.117. The fourth-order valence-corrected chi connectivity index (χ4v) is 2.17. The lowest BCUT2D eigenvalue weighted by Crippen LogP contribution is -2.01. The molecule has 0 aliphatic heterocycles. The first-order chi connectivity index (χ1) is 10.6. The van der Waals surface area contributed by atoms with Gasteiger partial charge in [0.05, 0.1) is 17.1 Å². The molecule has 1 aromatic heterocycles. The van der Waals surface area contributed by atoms with Crippen molar-refractivity contribution < 1.29 is 4.74 Å². The summed E-state index contributed by atoms with van der Waals surface area (Å²) in [5.74, 6) is 1.66. The topological polar surface area (TPSA) is 111 Å². The molecule has 1 heterocycles. The van der Waals surface area contributed by atoms with E-state index in [1.165, 1.54) is 0 Å². The number of aromatic nitrogens is 2. The molecule has 0 radical (unpaired) electrons. The molecular formula is C16H13N5O. The van der Waals surface area contributed by atoms with E-state index in [9.17, 15) is 0 Å². The summed E-state index contributed by atoms with van der Waals surface area (Å²) in [6.07, 6.45) is 0. The molecule has 0 saturated heterocycles. The summed E-state index contributed by atoms with van der Waals surface area (Å²) in [5.41, 5.74) is 13.5. The van der Waals surface area contributed by atoms with Gasteiger partial charge in [-0.3, -0.25) is 0 Å². The third-order valence-electron chi connectivity index (χ3n) is 3.23. The Labute approximate surface area is 127 Å². The van der Waals surface area contributed by atoms with E-state index in [0.29, 0.717) is 28.4 Å². The van der Waals surface area contributed by atoms with Crippen LogP contribution in [0, 0.1) is 18.3 Å². The number of nitrogens with two attached hydrogens (primary N) is 2. The van der Waals surface area contributed by atoms with Crippen molar-refractivity contribution in [2.75, 3.05) is 11.5 Å². The van der Waals surface area contributed by atoms with Gasteiger partial charge in [-0.15, -0.1) is 0 Å². The van der Waals surface area contributed by atoms with Crippen molar-refractivity contribution in [1.82, 2.24) is 9.97 Å². The van der Waals surface area contributed by atoms with Gasteiger partial charge >= 0.3 is 0 Å². The summed E-state index contributed by atoms with van der Waals surface area (Å²) in [5, 5.41) is 9.66.